The molecular weight excluding hydrogens is 531 g/mol. The smallest absolute Gasteiger partial charge is 0.226 e. The van der Waals surface area contributed by atoms with Crippen molar-refractivity contribution in [1.82, 2.24) is 15.2 Å². The molecule has 0 amide bonds. The van der Waals surface area contributed by atoms with Crippen molar-refractivity contribution in [3.05, 3.63) is 41.8 Å². The normalized spacial score (nSPS) is 19.9. The standard InChI is InChI=1S/C25H36N4O3.HI/c1-19-6-8-20(9-7-19)24-28-21(17-32-24)10-13-27-25(26-2)29-14-11-22(12-15-29)31-18-23-5-3-4-16-30-23;/h6-9,17,22-23H,3-5,10-16,18H2,1-2H3,(H,26,27);1H. The van der Waals surface area contributed by atoms with Gasteiger partial charge in [0, 0.05) is 45.3 Å². The summed E-state index contributed by atoms with van der Waals surface area (Å²) in [7, 11) is 1.84. The first-order valence-electron chi connectivity index (χ1n) is 11.9. The summed E-state index contributed by atoms with van der Waals surface area (Å²) in [5, 5.41) is 3.48. The van der Waals surface area contributed by atoms with Gasteiger partial charge in [-0.3, -0.25) is 4.99 Å². The molecule has 3 heterocycles. The number of ether oxygens (including phenoxy) is 2. The van der Waals surface area contributed by atoms with Gasteiger partial charge in [0.2, 0.25) is 5.89 Å². The minimum absolute atomic E-state index is 0. The maximum absolute atomic E-state index is 6.14. The Morgan fingerprint density at radius 1 is 1.18 bits per heavy atom. The molecule has 0 spiro atoms. The first-order chi connectivity index (χ1) is 15.7. The summed E-state index contributed by atoms with van der Waals surface area (Å²) in [5.41, 5.74) is 3.18. The SMILES string of the molecule is CN=C(NCCc1coc(-c2ccc(C)cc2)n1)N1CCC(OCC2CCCCO2)CC1.I. The highest BCUT2D eigenvalue weighted by Crippen LogP contribution is 2.20. The van der Waals surface area contributed by atoms with E-state index in [0.29, 0.717) is 18.1 Å². The van der Waals surface area contributed by atoms with Crippen LogP contribution in [0.2, 0.25) is 0 Å². The van der Waals surface area contributed by atoms with Crippen molar-refractivity contribution in [2.24, 2.45) is 4.99 Å². The zero-order valence-electron chi connectivity index (χ0n) is 19.8. The summed E-state index contributed by atoms with van der Waals surface area (Å²) in [4.78, 5) is 11.4. The molecule has 1 unspecified atom stereocenters. The number of nitrogens with one attached hydrogen (secondary N) is 1. The Kier molecular flexibility index (Phi) is 10.5. The number of guanidine groups is 1. The molecule has 0 radical (unpaired) electrons. The van der Waals surface area contributed by atoms with Crippen LogP contribution in [-0.2, 0) is 15.9 Å². The Labute approximate surface area is 214 Å². The van der Waals surface area contributed by atoms with Gasteiger partial charge in [-0.1, -0.05) is 17.7 Å². The average molecular weight is 569 g/mol. The Morgan fingerprint density at radius 3 is 2.67 bits per heavy atom. The maximum Gasteiger partial charge on any atom is 0.226 e. The molecule has 7 nitrogen and oxygen atoms in total. The lowest BCUT2D eigenvalue weighted by Gasteiger charge is -2.35. The summed E-state index contributed by atoms with van der Waals surface area (Å²) in [5.74, 6) is 1.62. The summed E-state index contributed by atoms with van der Waals surface area (Å²) in [6.07, 6.45) is 8.78. The highest BCUT2D eigenvalue weighted by Gasteiger charge is 2.23. The van der Waals surface area contributed by atoms with E-state index in [2.05, 4.69) is 39.2 Å². The van der Waals surface area contributed by atoms with E-state index >= 15 is 0 Å². The largest absolute Gasteiger partial charge is 0.444 e. The molecule has 0 saturated carbocycles. The lowest BCUT2D eigenvalue weighted by Crippen LogP contribution is -2.47. The maximum atomic E-state index is 6.14. The number of hydrogen-bond donors (Lipinski definition) is 1. The summed E-state index contributed by atoms with van der Waals surface area (Å²) >= 11 is 0. The van der Waals surface area contributed by atoms with Crippen molar-refractivity contribution in [2.75, 3.05) is 39.9 Å². The van der Waals surface area contributed by atoms with E-state index in [-0.39, 0.29) is 24.0 Å². The first kappa shape index (κ1) is 26.0. The zero-order chi connectivity index (χ0) is 22.2. The third-order valence-electron chi connectivity index (χ3n) is 6.26. The number of hydrogen-bond acceptors (Lipinski definition) is 5. The van der Waals surface area contributed by atoms with Crippen LogP contribution >= 0.6 is 24.0 Å². The van der Waals surface area contributed by atoms with Gasteiger partial charge < -0.3 is 24.1 Å². The molecule has 2 aromatic rings. The molecule has 4 rings (SSSR count). The average Bonchev–Trinajstić information content (AvgIpc) is 3.31. The summed E-state index contributed by atoms with van der Waals surface area (Å²) in [6.45, 7) is 6.37. The van der Waals surface area contributed by atoms with E-state index in [1.54, 1.807) is 6.26 Å². The molecule has 182 valence electrons. The second-order valence-corrected chi connectivity index (χ2v) is 8.74. The number of rotatable bonds is 7. The lowest BCUT2D eigenvalue weighted by molar-refractivity contribution is -0.0721. The van der Waals surface area contributed by atoms with Gasteiger partial charge in [-0.25, -0.2) is 4.98 Å². The van der Waals surface area contributed by atoms with Gasteiger partial charge in [0.25, 0.3) is 0 Å². The van der Waals surface area contributed by atoms with Crippen LogP contribution in [0.25, 0.3) is 11.5 Å². The lowest BCUT2D eigenvalue weighted by atomic mass is 10.1. The highest BCUT2D eigenvalue weighted by molar-refractivity contribution is 14.0. The van der Waals surface area contributed by atoms with Gasteiger partial charge in [-0.2, -0.15) is 0 Å². The first-order valence-corrected chi connectivity index (χ1v) is 11.9. The second kappa shape index (κ2) is 13.3. The van der Waals surface area contributed by atoms with Crippen LogP contribution in [0.4, 0.5) is 0 Å². The van der Waals surface area contributed by atoms with Crippen LogP contribution in [0.5, 0.6) is 0 Å². The molecular formula is C25H37IN4O3. The van der Waals surface area contributed by atoms with Crippen molar-refractivity contribution < 1.29 is 13.9 Å². The Morgan fingerprint density at radius 2 is 1.97 bits per heavy atom. The number of nitrogens with zero attached hydrogens (tertiary/aromatic N) is 3. The van der Waals surface area contributed by atoms with Crippen LogP contribution in [0, 0.1) is 6.92 Å². The minimum Gasteiger partial charge on any atom is -0.444 e. The summed E-state index contributed by atoms with van der Waals surface area (Å²) in [6, 6.07) is 8.23. The highest BCUT2D eigenvalue weighted by atomic mass is 127. The third-order valence-corrected chi connectivity index (χ3v) is 6.26. The minimum atomic E-state index is 0. The number of halogens is 1. The van der Waals surface area contributed by atoms with Gasteiger partial charge in [-0.05, 0) is 51.2 Å². The topological polar surface area (TPSA) is 72.1 Å². The van der Waals surface area contributed by atoms with E-state index in [4.69, 9.17) is 13.9 Å². The molecule has 2 fully saturated rings. The fourth-order valence-corrected chi connectivity index (χ4v) is 4.30. The Bertz CT molecular complexity index is 857. The number of oxazole rings is 1. The van der Waals surface area contributed by atoms with Crippen molar-refractivity contribution in [1.29, 1.82) is 0 Å². The molecule has 0 aliphatic carbocycles. The number of aliphatic imine (C=N–C) groups is 1. The van der Waals surface area contributed by atoms with E-state index in [9.17, 15) is 0 Å². The van der Waals surface area contributed by atoms with Crippen LogP contribution in [0.1, 0.15) is 43.4 Å². The molecule has 2 saturated heterocycles. The number of aryl methyl sites for hydroxylation is 1. The fourth-order valence-electron chi connectivity index (χ4n) is 4.30. The van der Waals surface area contributed by atoms with Crippen LogP contribution in [0.15, 0.2) is 39.9 Å². The predicted octanol–water partition coefficient (Wildman–Crippen LogP) is 4.44. The fraction of sp³-hybridized carbons (Fsp3) is 0.600. The molecule has 1 aromatic carbocycles. The summed E-state index contributed by atoms with van der Waals surface area (Å²) < 4.78 is 17.6. The van der Waals surface area contributed by atoms with Crippen molar-refractivity contribution >= 4 is 29.9 Å². The molecule has 2 aliphatic heterocycles. The molecule has 1 aromatic heterocycles. The van der Waals surface area contributed by atoms with Crippen molar-refractivity contribution in [2.45, 2.75) is 57.7 Å². The van der Waals surface area contributed by atoms with Gasteiger partial charge in [0.15, 0.2) is 5.96 Å². The van der Waals surface area contributed by atoms with Gasteiger partial charge in [0.1, 0.15) is 6.26 Å². The molecule has 1 N–H and O–H groups in total. The number of benzene rings is 1. The van der Waals surface area contributed by atoms with E-state index < -0.39 is 0 Å². The predicted molar refractivity (Wildman–Crippen MR) is 141 cm³/mol. The van der Waals surface area contributed by atoms with Gasteiger partial charge in [0.05, 0.1) is 24.5 Å². The number of likely N-dealkylation sites (tertiary alicyclic amines) is 1. The molecule has 2 aliphatic rings. The van der Waals surface area contributed by atoms with Crippen LogP contribution in [0.3, 0.4) is 0 Å². The molecule has 8 heteroatoms. The molecule has 1 atom stereocenters. The number of piperidine rings is 1. The van der Waals surface area contributed by atoms with Crippen molar-refractivity contribution in [3.63, 3.8) is 0 Å². The Balaban J connectivity index is 0.00000306. The number of aromatic nitrogens is 1. The molecule has 0 bridgehead atoms. The van der Waals surface area contributed by atoms with E-state index in [1.165, 1.54) is 18.4 Å². The molecule has 33 heavy (non-hydrogen) atoms. The second-order valence-electron chi connectivity index (χ2n) is 8.74. The van der Waals surface area contributed by atoms with Crippen LogP contribution in [-0.4, -0.2) is 67.9 Å². The van der Waals surface area contributed by atoms with Crippen molar-refractivity contribution in [3.8, 4) is 11.5 Å². The van der Waals surface area contributed by atoms with E-state index in [1.807, 2.05) is 19.2 Å². The third kappa shape index (κ3) is 7.68. The monoisotopic (exact) mass is 568 g/mol. The van der Waals surface area contributed by atoms with Gasteiger partial charge in [-0.15, -0.1) is 24.0 Å². The van der Waals surface area contributed by atoms with E-state index in [0.717, 1.165) is 75.7 Å². The zero-order valence-corrected chi connectivity index (χ0v) is 22.1. The Hall–Kier alpha value is -1.65. The van der Waals surface area contributed by atoms with Crippen LogP contribution < -0.4 is 5.32 Å². The quantitative estimate of drug-likeness (QED) is 0.303. The van der Waals surface area contributed by atoms with Gasteiger partial charge >= 0.3 is 0 Å².